The molecule has 1 nitrogen and oxygen atoms in total. The molecule has 2 unspecified atom stereocenters. The van der Waals surface area contributed by atoms with E-state index in [0.717, 1.165) is 11.8 Å². The van der Waals surface area contributed by atoms with Crippen molar-refractivity contribution in [2.75, 3.05) is 0 Å². The molecule has 0 aliphatic heterocycles. The summed E-state index contributed by atoms with van der Waals surface area (Å²) in [5.74, 6) is 1.57. The summed E-state index contributed by atoms with van der Waals surface area (Å²) < 4.78 is 0. The van der Waals surface area contributed by atoms with Gasteiger partial charge in [-0.3, -0.25) is 0 Å². The Morgan fingerprint density at radius 3 is 2.50 bits per heavy atom. The molecule has 0 aromatic carbocycles. The van der Waals surface area contributed by atoms with Crippen LogP contribution in [0.1, 0.15) is 58.3 Å². The Kier molecular flexibility index (Phi) is 2.94. The lowest BCUT2D eigenvalue weighted by molar-refractivity contribution is -0.118. The predicted octanol–water partition coefficient (Wildman–Crippen LogP) is 3.57. The first kappa shape index (κ1) is 10.2. The maximum Gasteiger partial charge on any atom is 0.126 e. The van der Waals surface area contributed by atoms with Crippen molar-refractivity contribution in [3.05, 3.63) is 0 Å². The summed E-state index contributed by atoms with van der Waals surface area (Å²) in [4.78, 5) is 11.4. The van der Waals surface area contributed by atoms with Gasteiger partial charge in [-0.1, -0.05) is 26.2 Å². The molecule has 0 N–H and O–H groups in total. The fourth-order valence-electron chi connectivity index (χ4n) is 3.64. The second-order valence-electron chi connectivity index (χ2n) is 5.35. The minimum absolute atomic E-state index is 0.108. The molecule has 0 heterocycles. The van der Waals surface area contributed by atoms with Gasteiger partial charge in [0.2, 0.25) is 0 Å². The molecule has 0 aromatic heterocycles. The van der Waals surface area contributed by atoms with Crippen molar-refractivity contribution in [2.24, 2.45) is 17.3 Å². The average Bonchev–Trinajstić information content (AvgIpc) is 2.87. The SMILES string of the molecule is CCC1CCC(C=O)(C2CCCC2)C1. The molecule has 2 fully saturated rings. The molecule has 2 atom stereocenters. The zero-order valence-electron chi connectivity index (χ0n) is 9.30. The van der Waals surface area contributed by atoms with E-state index in [-0.39, 0.29) is 5.41 Å². The first-order chi connectivity index (χ1) is 6.80. The van der Waals surface area contributed by atoms with Crippen molar-refractivity contribution in [3.8, 4) is 0 Å². The number of hydrogen-bond donors (Lipinski definition) is 0. The lowest BCUT2D eigenvalue weighted by Crippen LogP contribution is -2.28. The summed E-state index contributed by atoms with van der Waals surface area (Å²) in [7, 11) is 0. The van der Waals surface area contributed by atoms with Gasteiger partial charge in [0.1, 0.15) is 6.29 Å². The summed E-state index contributed by atoms with van der Waals surface area (Å²) >= 11 is 0. The maximum absolute atomic E-state index is 11.4. The fourth-order valence-corrected chi connectivity index (χ4v) is 3.64. The molecular weight excluding hydrogens is 172 g/mol. The topological polar surface area (TPSA) is 17.1 Å². The van der Waals surface area contributed by atoms with Crippen LogP contribution in [0.2, 0.25) is 0 Å². The van der Waals surface area contributed by atoms with Gasteiger partial charge in [0.05, 0.1) is 0 Å². The van der Waals surface area contributed by atoms with Gasteiger partial charge in [0.25, 0.3) is 0 Å². The Hall–Kier alpha value is -0.330. The van der Waals surface area contributed by atoms with E-state index in [2.05, 4.69) is 6.92 Å². The maximum atomic E-state index is 11.4. The van der Waals surface area contributed by atoms with Crippen LogP contribution in [0.25, 0.3) is 0 Å². The van der Waals surface area contributed by atoms with E-state index in [9.17, 15) is 4.79 Å². The van der Waals surface area contributed by atoms with Gasteiger partial charge in [0, 0.05) is 5.41 Å². The van der Waals surface area contributed by atoms with Crippen molar-refractivity contribution >= 4 is 6.29 Å². The quantitative estimate of drug-likeness (QED) is 0.628. The molecule has 0 aromatic rings. The fraction of sp³-hybridized carbons (Fsp3) is 0.923. The lowest BCUT2D eigenvalue weighted by Gasteiger charge is -2.29. The van der Waals surface area contributed by atoms with Gasteiger partial charge in [-0.2, -0.15) is 0 Å². The summed E-state index contributed by atoms with van der Waals surface area (Å²) in [5.41, 5.74) is 0.108. The van der Waals surface area contributed by atoms with Gasteiger partial charge in [-0.25, -0.2) is 0 Å². The first-order valence-electron chi connectivity index (χ1n) is 6.27. The highest BCUT2D eigenvalue weighted by molar-refractivity contribution is 5.60. The van der Waals surface area contributed by atoms with Crippen LogP contribution >= 0.6 is 0 Å². The Morgan fingerprint density at radius 2 is 2.00 bits per heavy atom. The van der Waals surface area contributed by atoms with Crippen molar-refractivity contribution in [2.45, 2.75) is 58.3 Å². The van der Waals surface area contributed by atoms with Crippen LogP contribution in [0.3, 0.4) is 0 Å². The van der Waals surface area contributed by atoms with Gasteiger partial charge in [-0.05, 0) is 43.9 Å². The lowest BCUT2D eigenvalue weighted by atomic mass is 9.73. The van der Waals surface area contributed by atoms with E-state index in [1.54, 1.807) is 0 Å². The standard InChI is InChI=1S/C13H22O/c1-2-11-7-8-13(9-11,10-14)12-5-3-4-6-12/h10-12H,2-9H2,1H3. The minimum Gasteiger partial charge on any atom is -0.303 e. The largest absolute Gasteiger partial charge is 0.303 e. The van der Waals surface area contributed by atoms with Crippen molar-refractivity contribution < 1.29 is 4.79 Å². The van der Waals surface area contributed by atoms with Crippen LogP contribution in [-0.4, -0.2) is 6.29 Å². The van der Waals surface area contributed by atoms with E-state index in [4.69, 9.17) is 0 Å². The highest BCUT2D eigenvalue weighted by atomic mass is 16.1. The van der Waals surface area contributed by atoms with Gasteiger partial charge in [0.15, 0.2) is 0 Å². The molecule has 0 radical (unpaired) electrons. The summed E-state index contributed by atoms with van der Waals surface area (Å²) in [6, 6.07) is 0. The van der Waals surface area contributed by atoms with Crippen molar-refractivity contribution in [1.82, 2.24) is 0 Å². The molecule has 2 aliphatic carbocycles. The van der Waals surface area contributed by atoms with Crippen LogP contribution in [0.15, 0.2) is 0 Å². The molecule has 0 bridgehead atoms. The molecule has 1 heteroatoms. The number of carbonyl (C=O) groups excluding carboxylic acids is 1. The van der Waals surface area contributed by atoms with Crippen LogP contribution in [-0.2, 0) is 4.79 Å². The predicted molar refractivity (Wildman–Crippen MR) is 58.1 cm³/mol. The monoisotopic (exact) mass is 194 g/mol. The Balaban J connectivity index is 2.06. The van der Waals surface area contributed by atoms with Crippen LogP contribution in [0, 0.1) is 17.3 Å². The number of rotatable bonds is 3. The second-order valence-corrected chi connectivity index (χ2v) is 5.35. The Morgan fingerprint density at radius 1 is 1.29 bits per heavy atom. The molecule has 80 valence electrons. The molecule has 2 saturated carbocycles. The third-order valence-electron chi connectivity index (χ3n) is 4.67. The smallest absolute Gasteiger partial charge is 0.126 e. The average molecular weight is 194 g/mol. The van der Waals surface area contributed by atoms with E-state index >= 15 is 0 Å². The molecule has 2 aliphatic rings. The Labute approximate surface area is 87.3 Å². The van der Waals surface area contributed by atoms with Crippen LogP contribution in [0.5, 0.6) is 0 Å². The summed E-state index contributed by atoms with van der Waals surface area (Å²) in [6.07, 6.45) is 11.6. The number of aldehydes is 1. The van der Waals surface area contributed by atoms with E-state index in [0.29, 0.717) is 0 Å². The minimum atomic E-state index is 0.108. The Bertz CT molecular complexity index is 205. The third kappa shape index (κ3) is 1.62. The summed E-state index contributed by atoms with van der Waals surface area (Å²) in [6.45, 7) is 2.26. The molecule has 14 heavy (non-hydrogen) atoms. The van der Waals surface area contributed by atoms with Crippen LogP contribution < -0.4 is 0 Å². The van der Waals surface area contributed by atoms with Gasteiger partial charge < -0.3 is 4.79 Å². The molecular formula is C13H22O. The first-order valence-corrected chi connectivity index (χ1v) is 6.27. The van der Waals surface area contributed by atoms with Gasteiger partial charge >= 0.3 is 0 Å². The molecule has 0 amide bonds. The third-order valence-corrected chi connectivity index (χ3v) is 4.67. The molecule has 0 spiro atoms. The van der Waals surface area contributed by atoms with Crippen LogP contribution in [0.4, 0.5) is 0 Å². The van der Waals surface area contributed by atoms with Gasteiger partial charge in [-0.15, -0.1) is 0 Å². The number of carbonyl (C=O) groups is 1. The second kappa shape index (κ2) is 4.04. The van der Waals surface area contributed by atoms with E-state index in [1.165, 1.54) is 57.7 Å². The van der Waals surface area contributed by atoms with Crippen molar-refractivity contribution in [1.29, 1.82) is 0 Å². The highest BCUT2D eigenvalue weighted by Crippen LogP contribution is 2.51. The van der Waals surface area contributed by atoms with Crippen molar-refractivity contribution in [3.63, 3.8) is 0 Å². The zero-order chi connectivity index (χ0) is 10.0. The number of hydrogen-bond acceptors (Lipinski definition) is 1. The molecule has 0 saturated heterocycles. The highest BCUT2D eigenvalue weighted by Gasteiger charge is 2.44. The summed E-state index contributed by atoms with van der Waals surface area (Å²) in [5, 5.41) is 0. The van der Waals surface area contributed by atoms with E-state index < -0.39 is 0 Å². The molecule has 2 rings (SSSR count). The zero-order valence-corrected chi connectivity index (χ0v) is 9.30. The van der Waals surface area contributed by atoms with E-state index in [1.807, 2.05) is 0 Å². The normalized spacial score (nSPS) is 39.1.